The Balaban J connectivity index is 2.11. The van der Waals surface area contributed by atoms with Gasteiger partial charge < -0.3 is 4.74 Å². The molecule has 0 bridgehead atoms. The average molecular weight is 276 g/mol. The molecule has 0 radical (unpaired) electrons. The van der Waals surface area contributed by atoms with Crippen LogP contribution in [-0.4, -0.2) is 18.0 Å². The minimum atomic E-state index is -0.184. The van der Waals surface area contributed by atoms with Gasteiger partial charge in [-0.15, -0.1) is 0 Å². The minimum Gasteiger partial charge on any atom is -0.475 e. The van der Waals surface area contributed by atoms with E-state index in [1.165, 1.54) is 0 Å². The van der Waals surface area contributed by atoms with Crippen molar-refractivity contribution in [1.82, 2.24) is 0 Å². The number of nitriles is 1. The number of hydrogen-bond acceptors (Lipinski definition) is 3. The molecule has 0 unspecified atom stereocenters. The third-order valence-electron chi connectivity index (χ3n) is 3.43. The highest BCUT2D eigenvalue weighted by Crippen LogP contribution is 2.29. The highest BCUT2D eigenvalue weighted by atomic mass is 16.5. The van der Waals surface area contributed by atoms with Crippen LogP contribution in [0.5, 0.6) is 0 Å². The maximum absolute atomic E-state index is 9.06. The molecule has 104 valence electrons. The van der Waals surface area contributed by atoms with Crippen LogP contribution in [0.1, 0.15) is 25.0 Å². The van der Waals surface area contributed by atoms with Gasteiger partial charge in [0.05, 0.1) is 17.2 Å². The Kier molecular flexibility index (Phi) is 3.23. The Morgan fingerprint density at radius 2 is 1.86 bits per heavy atom. The van der Waals surface area contributed by atoms with Crippen LogP contribution in [0.15, 0.2) is 53.5 Å². The summed E-state index contributed by atoms with van der Waals surface area (Å²) in [5.74, 6) is 0.679. The maximum Gasteiger partial charge on any atom is 0.217 e. The third kappa shape index (κ3) is 2.66. The SMILES string of the molecule is CC1(C)COC(c2ccccc2-c2cccc(C#N)c2)=N1. The molecule has 3 heteroatoms. The number of hydrogen-bond donors (Lipinski definition) is 0. The minimum absolute atomic E-state index is 0.184. The van der Waals surface area contributed by atoms with Gasteiger partial charge in [0.25, 0.3) is 0 Å². The second-order valence-corrected chi connectivity index (χ2v) is 5.76. The zero-order chi connectivity index (χ0) is 14.9. The molecule has 1 heterocycles. The van der Waals surface area contributed by atoms with E-state index in [4.69, 9.17) is 10.00 Å². The van der Waals surface area contributed by atoms with Crippen molar-refractivity contribution < 1.29 is 4.74 Å². The summed E-state index contributed by atoms with van der Waals surface area (Å²) in [4.78, 5) is 4.65. The smallest absolute Gasteiger partial charge is 0.217 e. The summed E-state index contributed by atoms with van der Waals surface area (Å²) in [6, 6.07) is 17.8. The first-order valence-corrected chi connectivity index (χ1v) is 6.92. The lowest BCUT2D eigenvalue weighted by molar-refractivity contribution is 0.279. The zero-order valence-corrected chi connectivity index (χ0v) is 12.1. The molecule has 2 aromatic carbocycles. The van der Waals surface area contributed by atoms with Crippen LogP contribution >= 0.6 is 0 Å². The molecule has 2 aromatic rings. The summed E-state index contributed by atoms with van der Waals surface area (Å²) >= 11 is 0. The predicted octanol–water partition coefficient (Wildman–Crippen LogP) is 3.78. The van der Waals surface area contributed by atoms with Crippen LogP contribution in [0.2, 0.25) is 0 Å². The second kappa shape index (κ2) is 5.06. The Labute approximate surface area is 124 Å². The van der Waals surface area contributed by atoms with Crippen LogP contribution in [0.3, 0.4) is 0 Å². The van der Waals surface area contributed by atoms with E-state index in [1.807, 2.05) is 42.5 Å². The molecular formula is C18H16N2O. The fraction of sp³-hybridized carbons (Fsp3) is 0.222. The molecule has 21 heavy (non-hydrogen) atoms. The molecule has 0 saturated heterocycles. The molecule has 0 aromatic heterocycles. The predicted molar refractivity (Wildman–Crippen MR) is 83.2 cm³/mol. The van der Waals surface area contributed by atoms with E-state index >= 15 is 0 Å². The molecule has 0 spiro atoms. The van der Waals surface area contributed by atoms with Gasteiger partial charge in [0.2, 0.25) is 5.90 Å². The Morgan fingerprint density at radius 3 is 2.52 bits per heavy atom. The van der Waals surface area contributed by atoms with Gasteiger partial charge in [0.1, 0.15) is 6.61 Å². The van der Waals surface area contributed by atoms with E-state index in [0.717, 1.165) is 16.7 Å². The summed E-state index contributed by atoms with van der Waals surface area (Å²) in [5.41, 5.74) is 3.47. The average Bonchev–Trinajstić information content (AvgIpc) is 2.87. The van der Waals surface area contributed by atoms with E-state index in [1.54, 1.807) is 6.07 Å². The molecule has 0 amide bonds. The van der Waals surface area contributed by atoms with Gasteiger partial charge in [-0.3, -0.25) is 0 Å². The van der Waals surface area contributed by atoms with Crippen molar-refractivity contribution >= 4 is 5.90 Å². The highest BCUT2D eigenvalue weighted by Gasteiger charge is 2.28. The normalized spacial score (nSPS) is 16.0. The summed E-state index contributed by atoms with van der Waals surface area (Å²) in [6.45, 7) is 4.70. The standard InChI is InChI=1S/C18H16N2O/c1-18(2)12-21-17(20-18)16-9-4-3-8-15(16)14-7-5-6-13(10-14)11-19/h3-10H,12H2,1-2H3. The van der Waals surface area contributed by atoms with E-state index in [-0.39, 0.29) is 5.54 Å². The maximum atomic E-state index is 9.06. The van der Waals surface area contributed by atoms with Crippen LogP contribution in [-0.2, 0) is 4.74 Å². The summed E-state index contributed by atoms with van der Waals surface area (Å²) in [5, 5.41) is 9.06. The first-order valence-electron chi connectivity index (χ1n) is 6.92. The number of aliphatic imine (C=N–C) groups is 1. The molecule has 3 rings (SSSR count). The van der Waals surface area contributed by atoms with Crippen molar-refractivity contribution in [1.29, 1.82) is 5.26 Å². The lowest BCUT2D eigenvalue weighted by atomic mass is 9.98. The third-order valence-corrected chi connectivity index (χ3v) is 3.43. The lowest BCUT2D eigenvalue weighted by Gasteiger charge is -2.09. The molecule has 1 aliphatic rings. The van der Waals surface area contributed by atoms with Gasteiger partial charge in [0, 0.05) is 5.56 Å². The van der Waals surface area contributed by atoms with Crippen molar-refractivity contribution in [2.75, 3.05) is 6.61 Å². The Hall–Kier alpha value is -2.60. The Bertz CT molecular complexity index is 754. The van der Waals surface area contributed by atoms with Gasteiger partial charge >= 0.3 is 0 Å². The van der Waals surface area contributed by atoms with Crippen molar-refractivity contribution in [2.24, 2.45) is 4.99 Å². The molecule has 0 saturated carbocycles. The van der Waals surface area contributed by atoms with E-state index in [2.05, 4.69) is 24.9 Å². The first-order chi connectivity index (χ1) is 10.1. The van der Waals surface area contributed by atoms with Crippen molar-refractivity contribution in [3.05, 3.63) is 59.7 Å². The number of benzene rings is 2. The largest absolute Gasteiger partial charge is 0.475 e. The van der Waals surface area contributed by atoms with Crippen LogP contribution < -0.4 is 0 Å². The molecule has 1 aliphatic heterocycles. The fourth-order valence-electron chi connectivity index (χ4n) is 2.40. The summed E-state index contributed by atoms with van der Waals surface area (Å²) in [7, 11) is 0. The van der Waals surface area contributed by atoms with Crippen LogP contribution in [0.4, 0.5) is 0 Å². The highest BCUT2D eigenvalue weighted by molar-refractivity contribution is 6.01. The van der Waals surface area contributed by atoms with Crippen LogP contribution in [0, 0.1) is 11.3 Å². The number of ether oxygens (including phenoxy) is 1. The van der Waals surface area contributed by atoms with Crippen molar-refractivity contribution in [2.45, 2.75) is 19.4 Å². The summed E-state index contributed by atoms with van der Waals surface area (Å²) < 4.78 is 5.76. The van der Waals surface area contributed by atoms with Gasteiger partial charge in [-0.05, 0) is 43.2 Å². The van der Waals surface area contributed by atoms with Gasteiger partial charge in [-0.2, -0.15) is 5.26 Å². The lowest BCUT2D eigenvalue weighted by Crippen LogP contribution is -2.17. The molecule has 0 N–H and O–H groups in total. The monoisotopic (exact) mass is 276 g/mol. The number of nitrogens with zero attached hydrogens (tertiary/aromatic N) is 2. The second-order valence-electron chi connectivity index (χ2n) is 5.76. The first kappa shape index (κ1) is 13.4. The molecule has 0 aliphatic carbocycles. The summed E-state index contributed by atoms with van der Waals surface area (Å²) in [6.07, 6.45) is 0. The van der Waals surface area contributed by atoms with Gasteiger partial charge in [-0.1, -0.05) is 30.3 Å². The fourth-order valence-corrected chi connectivity index (χ4v) is 2.40. The van der Waals surface area contributed by atoms with E-state index < -0.39 is 0 Å². The topological polar surface area (TPSA) is 45.4 Å². The molecule has 0 fully saturated rings. The van der Waals surface area contributed by atoms with Crippen molar-refractivity contribution in [3.8, 4) is 17.2 Å². The van der Waals surface area contributed by atoms with Crippen LogP contribution in [0.25, 0.3) is 11.1 Å². The molecule has 0 atom stereocenters. The quantitative estimate of drug-likeness (QED) is 0.838. The van der Waals surface area contributed by atoms with E-state index in [0.29, 0.717) is 18.1 Å². The van der Waals surface area contributed by atoms with Crippen molar-refractivity contribution in [3.63, 3.8) is 0 Å². The molecular weight excluding hydrogens is 260 g/mol. The molecule has 3 nitrogen and oxygen atoms in total. The Morgan fingerprint density at radius 1 is 1.10 bits per heavy atom. The van der Waals surface area contributed by atoms with Gasteiger partial charge in [0.15, 0.2) is 0 Å². The number of rotatable bonds is 2. The van der Waals surface area contributed by atoms with E-state index in [9.17, 15) is 0 Å². The van der Waals surface area contributed by atoms with Gasteiger partial charge in [-0.25, -0.2) is 4.99 Å². The zero-order valence-electron chi connectivity index (χ0n) is 12.1.